The van der Waals surface area contributed by atoms with E-state index in [-0.39, 0.29) is 5.91 Å². The van der Waals surface area contributed by atoms with E-state index in [1.165, 1.54) is 7.11 Å². The fourth-order valence-corrected chi connectivity index (χ4v) is 3.63. The van der Waals surface area contributed by atoms with Gasteiger partial charge in [-0.2, -0.15) is 0 Å². The molecule has 4 rings (SSSR count). The van der Waals surface area contributed by atoms with Crippen LogP contribution in [0.25, 0.3) is 22.3 Å². The van der Waals surface area contributed by atoms with Gasteiger partial charge in [0.1, 0.15) is 0 Å². The first-order valence-corrected chi connectivity index (χ1v) is 10.4. The summed E-state index contributed by atoms with van der Waals surface area (Å²) in [7, 11) is 1.31. The van der Waals surface area contributed by atoms with Gasteiger partial charge in [0.2, 0.25) is 0 Å². The fraction of sp³-hybridized carbons (Fsp3) is 0.0370. The number of amides is 1. The van der Waals surface area contributed by atoms with Crippen molar-refractivity contribution in [2.45, 2.75) is 0 Å². The molecule has 0 saturated heterocycles. The molecule has 0 saturated carbocycles. The maximum atomic E-state index is 12.8. The fourth-order valence-electron chi connectivity index (χ4n) is 3.41. The number of carbonyl (C=O) groups excluding carboxylic acids is 2. The summed E-state index contributed by atoms with van der Waals surface area (Å²) in [6.45, 7) is 0. The lowest BCUT2D eigenvalue weighted by molar-refractivity contribution is 0.0600. The standard InChI is InChI=1S/C27H20ClNO3/c1-32-27(31)22-8-5-9-23(16-22)29-26(30)21-14-15-25(28)24(17-21)20-12-10-19(11-13-20)18-6-3-2-4-7-18/h2-17H,1H3,(H,29,30). The summed E-state index contributed by atoms with van der Waals surface area (Å²) in [6, 6.07) is 29.9. The number of esters is 1. The van der Waals surface area contributed by atoms with E-state index >= 15 is 0 Å². The van der Waals surface area contributed by atoms with Crippen LogP contribution in [-0.2, 0) is 4.74 Å². The summed E-state index contributed by atoms with van der Waals surface area (Å²) in [4.78, 5) is 24.6. The van der Waals surface area contributed by atoms with Gasteiger partial charge in [0.05, 0.1) is 12.7 Å². The smallest absolute Gasteiger partial charge is 0.337 e. The molecule has 5 heteroatoms. The molecule has 4 aromatic carbocycles. The van der Waals surface area contributed by atoms with Crippen molar-refractivity contribution in [1.29, 1.82) is 0 Å². The monoisotopic (exact) mass is 441 g/mol. The number of nitrogens with one attached hydrogen (secondary N) is 1. The molecule has 0 aliphatic heterocycles. The second kappa shape index (κ2) is 9.50. The summed E-state index contributed by atoms with van der Waals surface area (Å²) >= 11 is 6.44. The molecule has 0 heterocycles. The summed E-state index contributed by atoms with van der Waals surface area (Å²) in [5.74, 6) is -0.764. The first-order valence-electron chi connectivity index (χ1n) is 10.0. The third kappa shape index (κ3) is 4.71. The highest BCUT2D eigenvalue weighted by molar-refractivity contribution is 6.33. The minimum absolute atomic E-state index is 0.300. The van der Waals surface area contributed by atoms with Gasteiger partial charge in [-0.1, -0.05) is 72.3 Å². The van der Waals surface area contributed by atoms with Crippen LogP contribution in [-0.4, -0.2) is 19.0 Å². The van der Waals surface area contributed by atoms with Gasteiger partial charge in [0.15, 0.2) is 0 Å². The Kier molecular flexibility index (Phi) is 6.34. The molecule has 4 nitrogen and oxygen atoms in total. The number of carbonyl (C=O) groups is 2. The number of benzene rings is 4. The predicted molar refractivity (Wildman–Crippen MR) is 128 cm³/mol. The molecule has 1 N–H and O–H groups in total. The second-order valence-electron chi connectivity index (χ2n) is 7.16. The zero-order valence-corrected chi connectivity index (χ0v) is 18.1. The number of halogens is 1. The van der Waals surface area contributed by atoms with Crippen molar-refractivity contribution in [3.8, 4) is 22.3 Å². The zero-order chi connectivity index (χ0) is 22.5. The van der Waals surface area contributed by atoms with Gasteiger partial charge < -0.3 is 10.1 Å². The van der Waals surface area contributed by atoms with Crippen molar-refractivity contribution < 1.29 is 14.3 Å². The van der Waals surface area contributed by atoms with Crippen molar-refractivity contribution >= 4 is 29.2 Å². The van der Waals surface area contributed by atoms with Gasteiger partial charge in [0.25, 0.3) is 5.91 Å². The number of ether oxygens (including phenoxy) is 1. The van der Waals surface area contributed by atoms with Crippen molar-refractivity contribution in [3.05, 3.63) is 113 Å². The molecule has 1 amide bonds. The van der Waals surface area contributed by atoms with E-state index in [0.717, 1.165) is 22.3 Å². The number of hydrogen-bond acceptors (Lipinski definition) is 3. The highest BCUT2D eigenvalue weighted by Gasteiger charge is 2.12. The number of rotatable bonds is 5. The van der Waals surface area contributed by atoms with E-state index in [0.29, 0.717) is 21.8 Å². The Labute approximate surface area is 191 Å². The largest absolute Gasteiger partial charge is 0.465 e. The van der Waals surface area contributed by atoms with Crippen LogP contribution in [0.1, 0.15) is 20.7 Å². The van der Waals surface area contributed by atoms with E-state index < -0.39 is 5.97 Å². The topological polar surface area (TPSA) is 55.4 Å². The molecule has 158 valence electrons. The quantitative estimate of drug-likeness (QED) is 0.350. The number of anilines is 1. The minimum atomic E-state index is -0.464. The van der Waals surface area contributed by atoms with E-state index in [1.807, 2.05) is 42.5 Å². The zero-order valence-electron chi connectivity index (χ0n) is 17.3. The van der Waals surface area contributed by atoms with Crippen molar-refractivity contribution in [1.82, 2.24) is 0 Å². The van der Waals surface area contributed by atoms with Gasteiger partial charge in [-0.15, -0.1) is 0 Å². The van der Waals surface area contributed by atoms with Crippen LogP contribution in [0.5, 0.6) is 0 Å². The van der Waals surface area contributed by atoms with Crippen molar-refractivity contribution in [3.63, 3.8) is 0 Å². The molecular weight excluding hydrogens is 422 g/mol. The lowest BCUT2D eigenvalue weighted by Crippen LogP contribution is -2.12. The first-order chi connectivity index (χ1) is 15.5. The van der Waals surface area contributed by atoms with E-state index in [9.17, 15) is 9.59 Å². The van der Waals surface area contributed by atoms with E-state index in [4.69, 9.17) is 16.3 Å². The molecule has 0 bridgehead atoms. The summed E-state index contributed by atoms with van der Waals surface area (Å²) in [5, 5.41) is 3.37. The molecule has 32 heavy (non-hydrogen) atoms. The van der Waals surface area contributed by atoms with Crippen molar-refractivity contribution in [2.24, 2.45) is 0 Å². The number of hydrogen-bond donors (Lipinski definition) is 1. The predicted octanol–water partition coefficient (Wildman–Crippen LogP) is 6.71. The average molecular weight is 442 g/mol. The Bertz CT molecular complexity index is 1270. The molecule has 0 aliphatic carbocycles. The lowest BCUT2D eigenvalue weighted by Gasteiger charge is -2.10. The van der Waals surface area contributed by atoms with E-state index in [2.05, 4.69) is 17.4 Å². The highest BCUT2D eigenvalue weighted by atomic mass is 35.5. The highest BCUT2D eigenvalue weighted by Crippen LogP contribution is 2.31. The van der Waals surface area contributed by atoms with E-state index in [1.54, 1.807) is 42.5 Å². The minimum Gasteiger partial charge on any atom is -0.465 e. The maximum Gasteiger partial charge on any atom is 0.337 e. The van der Waals surface area contributed by atoms with Gasteiger partial charge in [-0.3, -0.25) is 4.79 Å². The normalized spacial score (nSPS) is 10.4. The Morgan fingerprint density at radius 2 is 1.41 bits per heavy atom. The Hall–Kier alpha value is -3.89. The molecule has 0 unspecified atom stereocenters. The third-order valence-electron chi connectivity index (χ3n) is 5.07. The molecule has 0 atom stereocenters. The Morgan fingerprint density at radius 3 is 2.12 bits per heavy atom. The number of methoxy groups -OCH3 is 1. The SMILES string of the molecule is COC(=O)c1cccc(NC(=O)c2ccc(Cl)c(-c3ccc(-c4ccccc4)cc3)c2)c1. The van der Waals surface area contributed by atoms with Crippen LogP contribution in [0.15, 0.2) is 97.1 Å². The molecule has 0 spiro atoms. The maximum absolute atomic E-state index is 12.8. The lowest BCUT2D eigenvalue weighted by atomic mass is 9.99. The van der Waals surface area contributed by atoms with Crippen LogP contribution in [0, 0.1) is 0 Å². The van der Waals surface area contributed by atoms with Gasteiger partial charge in [0, 0.05) is 21.8 Å². The Balaban J connectivity index is 1.57. The van der Waals surface area contributed by atoms with Crippen LogP contribution in [0.4, 0.5) is 5.69 Å². The molecule has 0 fully saturated rings. The molecular formula is C27H20ClNO3. The second-order valence-corrected chi connectivity index (χ2v) is 7.57. The van der Waals surface area contributed by atoms with Crippen LogP contribution in [0.2, 0.25) is 5.02 Å². The summed E-state index contributed by atoms with van der Waals surface area (Å²) in [5.41, 5.74) is 5.23. The van der Waals surface area contributed by atoms with Crippen LogP contribution < -0.4 is 5.32 Å². The van der Waals surface area contributed by atoms with Gasteiger partial charge in [-0.25, -0.2) is 4.79 Å². The summed E-state index contributed by atoms with van der Waals surface area (Å²) in [6.07, 6.45) is 0. The molecule has 0 aliphatic rings. The Morgan fingerprint density at radius 1 is 0.719 bits per heavy atom. The third-order valence-corrected chi connectivity index (χ3v) is 5.40. The molecule has 0 radical (unpaired) electrons. The van der Waals surface area contributed by atoms with Crippen molar-refractivity contribution in [2.75, 3.05) is 12.4 Å². The van der Waals surface area contributed by atoms with Gasteiger partial charge in [-0.05, 0) is 53.1 Å². The first kappa shape index (κ1) is 21.3. The van der Waals surface area contributed by atoms with Crippen LogP contribution in [0.3, 0.4) is 0 Å². The average Bonchev–Trinajstić information content (AvgIpc) is 2.84. The summed E-state index contributed by atoms with van der Waals surface area (Å²) < 4.78 is 4.73. The van der Waals surface area contributed by atoms with Crippen LogP contribution >= 0.6 is 11.6 Å². The molecule has 4 aromatic rings. The molecule has 0 aromatic heterocycles. The van der Waals surface area contributed by atoms with Gasteiger partial charge >= 0.3 is 5.97 Å².